The third-order valence-corrected chi connectivity index (χ3v) is 3.43. The Morgan fingerprint density at radius 1 is 1.24 bits per heavy atom. The number of hydrogen-bond donors (Lipinski definition) is 2. The summed E-state index contributed by atoms with van der Waals surface area (Å²) in [6.07, 6.45) is 0. The summed E-state index contributed by atoms with van der Waals surface area (Å²) in [5.41, 5.74) is 2.25. The number of hydrogen-bond acceptors (Lipinski definition) is 3. The number of methoxy groups -OCH3 is 1. The minimum atomic E-state index is -0.246. The van der Waals surface area contributed by atoms with Crippen molar-refractivity contribution >= 4 is 5.91 Å². The van der Waals surface area contributed by atoms with E-state index in [1.807, 2.05) is 26.0 Å². The van der Waals surface area contributed by atoms with Gasteiger partial charge in [0.25, 0.3) is 0 Å². The molecule has 4 nitrogen and oxygen atoms in total. The average molecular weight is 292 g/mol. The lowest BCUT2D eigenvalue weighted by Gasteiger charge is -2.22. The van der Waals surface area contributed by atoms with Crippen molar-refractivity contribution in [1.82, 2.24) is 10.6 Å². The molecule has 0 bridgehead atoms. The molecule has 0 radical (unpaired) electrons. The van der Waals surface area contributed by atoms with Gasteiger partial charge in [-0.05, 0) is 32.8 Å². The molecule has 1 rings (SSSR count). The van der Waals surface area contributed by atoms with Crippen molar-refractivity contribution < 1.29 is 9.53 Å². The van der Waals surface area contributed by atoms with Crippen molar-refractivity contribution in [3.63, 3.8) is 0 Å². The first-order valence-electron chi connectivity index (χ1n) is 7.53. The Hall–Kier alpha value is -1.55. The maximum atomic E-state index is 12.0. The lowest BCUT2D eigenvalue weighted by molar-refractivity contribution is -0.123. The van der Waals surface area contributed by atoms with Gasteiger partial charge in [-0.25, -0.2) is 0 Å². The standard InChI is InChI=1S/C17H28N2O2/c1-11(2)10-18-17(20)14(5)19-13(4)15-9-12(3)7-8-16(15)21-6/h7-9,11,13-14,19H,10H2,1-6H3,(H,18,20). The zero-order valence-corrected chi connectivity index (χ0v) is 14.0. The highest BCUT2D eigenvalue weighted by atomic mass is 16.5. The van der Waals surface area contributed by atoms with Crippen LogP contribution in [-0.2, 0) is 4.79 Å². The fourth-order valence-electron chi connectivity index (χ4n) is 2.19. The molecule has 1 aromatic rings. The Bertz CT molecular complexity index is 472. The van der Waals surface area contributed by atoms with Crippen LogP contribution in [0.25, 0.3) is 0 Å². The van der Waals surface area contributed by atoms with Gasteiger partial charge >= 0.3 is 0 Å². The van der Waals surface area contributed by atoms with E-state index in [-0.39, 0.29) is 18.0 Å². The summed E-state index contributed by atoms with van der Waals surface area (Å²) in [4.78, 5) is 12.0. The number of benzene rings is 1. The van der Waals surface area contributed by atoms with Crippen LogP contribution in [0.5, 0.6) is 5.75 Å². The predicted octanol–water partition coefficient (Wildman–Crippen LogP) is 2.81. The fraction of sp³-hybridized carbons (Fsp3) is 0.588. The number of rotatable bonds is 7. The van der Waals surface area contributed by atoms with Gasteiger partial charge in [-0.2, -0.15) is 0 Å². The Morgan fingerprint density at radius 2 is 1.90 bits per heavy atom. The average Bonchev–Trinajstić information content (AvgIpc) is 2.44. The minimum absolute atomic E-state index is 0.0298. The Balaban J connectivity index is 2.69. The van der Waals surface area contributed by atoms with Gasteiger partial charge in [-0.3, -0.25) is 10.1 Å². The van der Waals surface area contributed by atoms with Crippen LogP contribution >= 0.6 is 0 Å². The molecule has 0 saturated carbocycles. The summed E-state index contributed by atoms with van der Waals surface area (Å²) >= 11 is 0. The van der Waals surface area contributed by atoms with Gasteiger partial charge in [-0.1, -0.05) is 31.5 Å². The maximum Gasteiger partial charge on any atom is 0.236 e. The summed E-state index contributed by atoms with van der Waals surface area (Å²) in [5, 5.41) is 6.28. The first kappa shape index (κ1) is 17.5. The summed E-state index contributed by atoms with van der Waals surface area (Å²) in [5.74, 6) is 1.33. The summed E-state index contributed by atoms with van der Waals surface area (Å²) in [7, 11) is 1.67. The van der Waals surface area contributed by atoms with E-state index in [2.05, 4.69) is 37.5 Å². The van der Waals surface area contributed by atoms with Crippen LogP contribution in [0.3, 0.4) is 0 Å². The first-order chi connectivity index (χ1) is 9.85. The third-order valence-electron chi connectivity index (χ3n) is 3.43. The maximum absolute atomic E-state index is 12.0. The lowest BCUT2D eigenvalue weighted by Crippen LogP contribution is -2.44. The van der Waals surface area contributed by atoms with Crippen molar-refractivity contribution in [3.05, 3.63) is 29.3 Å². The van der Waals surface area contributed by atoms with Gasteiger partial charge in [-0.15, -0.1) is 0 Å². The van der Waals surface area contributed by atoms with Crippen molar-refractivity contribution in [2.24, 2.45) is 5.92 Å². The Morgan fingerprint density at radius 3 is 2.48 bits per heavy atom. The van der Waals surface area contributed by atoms with Crippen LogP contribution in [-0.4, -0.2) is 25.6 Å². The van der Waals surface area contributed by atoms with E-state index >= 15 is 0 Å². The molecule has 0 aliphatic carbocycles. The van der Waals surface area contributed by atoms with Gasteiger partial charge in [0.15, 0.2) is 0 Å². The number of aryl methyl sites for hydroxylation is 1. The third kappa shape index (κ3) is 5.38. The zero-order valence-electron chi connectivity index (χ0n) is 14.0. The second-order valence-corrected chi connectivity index (χ2v) is 5.99. The molecule has 2 atom stereocenters. The molecule has 1 aromatic carbocycles. The highest BCUT2D eigenvalue weighted by Crippen LogP contribution is 2.26. The highest BCUT2D eigenvalue weighted by Gasteiger charge is 2.18. The number of amides is 1. The van der Waals surface area contributed by atoms with E-state index in [9.17, 15) is 4.79 Å². The van der Waals surface area contributed by atoms with E-state index in [1.54, 1.807) is 7.11 Å². The monoisotopic (exact) mass is 292 g/mol. The van der Waals surface area contributed by atoms with Crippen LogP contribution in [0.2, 0.25) is 0 Å². The van der Waals surface area contributed by atoms with Gasteiger partial charge in [0.05, 0.1) is 13.2 Å². The van der Waals surface area contributed by atoms with E-state index in [0.29, 0.717) is 12.5 Å². The molecule has 0 heterocycles. The van der Waals surface area contributed by atoms with Crippen LogP contribution in [0.15, 0.2) is 18.2 Å². The summed E-state index contributed by atoms with van der Waals surface area (Å²) in [6, 6.07) is 5.87. The van der Waals surface area contributed by atoms with Gasteiger partial charge in [0.1, 0.15) is 5.75 Å². The van der Waals surface area contributed by atoms with Gasteiger partial charge in [0.2, 0.25) is 5.91 Å². The second-order valence-electron chi connectivity index (χ2n) is 5.99. The fourth-order valence-corrected chi connectivity index (χ4v) is 2.19. The van der Waals surface area contributed by atoms with Crippen molar-refractivity contribution in [1.29, 1.82) is 0 Å². The molecule has 21 heavy (non-hydrogen) atoms. The Kier molecular flexibility index (Phi) is 6.69. The molecule has 118 valence electrons. The predicted molar refractivity (Wildman–Crippen MR) is 86.6 cm³/mol. The number of carbonyl (C=O) groups excluding carboxylic acids is 1. The molecule has 2 unspecified atom stereocenters. The van der Waals surface area contributed by atoms with E-state index in [4.69, 9.17) is 4.74 Å². The van der Waals surface area contributed by atoms with Crippen molar-refractivity contribution in [2.75, 3.05) is 13.7 Å². The number of ether oxygens (including phenoxy) is 1. The van der Waals surface area contributed by atoms with Gasteiger partial charge in [0, 0.05) is 18.2 Å². The SMILES string of the molecule is COc1ccc(C)cc1C(C)NC(C)C(=O)NCC(C)C. The second kappa shape index (κ2) is 8.03. The molecule has 0 spiro atoms. The summed E-state index contributed by atoms with van der Waals surface area (Å²) < 4.78 is 5.40. The molecule has 0 saturated heterocycles. The smallest absolute Gasteiger partial charge is 0.236 e. The van der Waals surface area contributed by atoms with E-state index < -0.39 is 0 Å². The normalized spacial score (nSPS) is 13.9. The highest BCUT2D eigenvalue weighted by molar-refractivity contribution is 5.81. The van der Waals surface area contributed by atoms with Crippen molar-refractivity contribution in [3.8, 4) is 5.75 Å². The van der Waals surface area contributed by atoms with Crippen LogP contribution in [0, 0.1) is 12.8 Å². The van der Waals surface area contributed by atoms with Crippen LogP contribution < -0.4 is 15.4 Å². The molecule has 1 amide bonds. The summed E-state index contributed by atoms with van der Waals surface area (Å²) in [6.45, 7) is 10.8. The molecule has 0 fully saturated rings. The molecular formula is C17H28N2O2. The quantitative estimate of drug-likeness (QED) is 0.812. The van der Waals surface area contributed by atoms with Crippen molar-refractivity contribution in [2.45, 2.75) is 46.7 Å². The Labute approximate surface area is 128 Å². The molecule has 0 aliphatic rings. The number of carbonyl (C=O) groups is 1. The van der Waals surface area contributed by atoms with E-state index in [0.717, 1.165) is 11.3 Å². The molecule has 0 aromatic heterocycles. The van der Waals surface area contributed by atoms with Gasteiger partial charge < -0.3 is 10.1 Å². The van der Waals surface area contributed by atoms with Crippen LogP contribution in [0.1, 0.15) is 44.9 Å². The molecular weight excluding hydrogens is 264 g/mol. The molecule has 2 N–H and O–H groups in total. The largest absolute Gasteiger partial charge is 0.496 e. The minimum Gasteiger partial charge on any atom is -0.496 e. The lowest BCUT2D eigenvalue weighted by atomic mass is 10.0. The topological polar surface area (TPSA) is 50.4 Å². The van der Waals surface area contributed by atoms with E-state index in [1.165, 1.54) is 5.56 Å². The molecule has 4 heteroatoms. The molecule has 0 aliphatic heterocycles. The zero-order chi connectivity index (χ0) is 16.0. The van der Waals surface area contributed by atoms with Crippen LogP contribution in [0.4, 0.5) is 0 Å². The first-order valence-corrected chi connectivity index (χ1v) is 7.53. The number of nitrogens with one attached hydrogen (secondary N) is 2.